The van der Waals surface area contributed by atoms with Crippen LogP contribution in [0.25, 0.3) is 0 Å². The molecule has 0 unspecified atom stereocenters. The molecule has 4 atom stereocenters. The number of benzene rings is 1. The molecular formula is C22H23FN2O4S. The smallest absolute Gasteiger partial charge is 0.327 e. The summed E-state index contributed by atoms with van der Waals surface area (Å²) in [4.78, 5) is 42.2. The third-order valence-electron chi connectivity index (χ3n) is 5.87. The third kappa shape index (κ3) is 3.06. The summed E-state index contributed by atoms with van der Waals surface area (Å²) in [6.45, 7) is 3.82. The first-order chi connectivity index (χ1) is 14.4. The molecule has 0 bridgehead atoms. The van der Waals surface area contributed by atoms with E-state index < -0.39 is 41.1 Å². The highest BCUT2D eigenvalue weighted by Crippen LogP contribution is 2.52. The van der Waals surface area contributed by atoms with Gasteiger partial charge in [-0.2, -0.15) is 0 Å². The molecule has 0 spiro atoms. The quantitative estimate of drug-likeness (QED) is 0.561. The third-order valence-corrected chi connectivity index (χ3v) is 6.83. The number of thiophene rings is 1. The molecule has 2 aromatic rings. The normalized spacial score (nSPS) is 28.1. The maximum Gasteiger partial charge on any atom is 0.327 e. The van der Waals surface area contributed by atoms with Gasteiger partial charge in [0.2, 0.25) is 11.8 Å². The van der Waals surface area contributed by atoms with Crippen LogP contribution in [0.15, 0.2) is 41.8 Å². The van der Waals surface area contributed by atoms with E-state index in [1.807, 2.05) is 24.4 Å². The molecule has 2 fully saturated rings. The first-order valence-corrected chi connectivity index (χ1v) is 10.9. The van der Waals surface area contributed by atoms with Gasteiger partial charge in [0.05, 0.1) is 30.2 Å². The van der Waals surface area contributed by atoms with Crippen LogP contribution in [0.3, 0.4) is 0 Å². The molecule has 6 nitrogen and oxygen atoms in total. The van der Waals surface area contributed by atoms with Crippen LogP contribution in [0.2, 0.25) is 0 Å². The van der Waals surface area contributed by atoms with Crippen molar-refractivity contribution in [1.29, 1.82) is 0 Å². The second kappa shape index (κ2) is 7.92. The van der Waals surface area contributed by atoms with Crippen LogP contribution in [-0.4, -0.2) is 29.9 Å². The van der Waals surface area contributed by atoms with Gasteiger partial charge in [0.25, 0.3) is 0 Å². The predicted octanol–water partition coefficient (Wildman–Crippen LogP) is 3.44. The summed E-state index contributed by atoms with van der Waals surface area (Å²) in [5, 5.41) is 5.24. The number of fused-ring (bicyclic) bond motifs is 1. The van der Waals surface area contributed by atoms with E-state index >= 15 is 0 Å². The first-order valence-electron chi connectivity index (χ1n) is 10.1. The minimum Gasteiger partial charge on any atom is -0.465 e. The van der Waals surface area contributed by atoms with Crippen LogP contribution < -0.4 is 10.2 Å². The lowest BCUT2D eigenvalue weighted by atomic mass is 9.77. The fourth-order valence-electron chi connectivity index (χ4n) is 4.73. The lowest BCUT2D eigenvalue weighted by Crippen LogP contribution is -2.56. The number of carbonyl (C=O) groups excluding carboxylic acids is 3. The topological polar surface area (TPSA) is 75.7 Å². The van der Waals surface area contributed by atoms with Crippen molar-refractivity contribution in [2.75, 3.05) is 11.5 Å². The summed E-state index contributed by atoms with van der Waals surface area (Å²) in [5.41, 5.74) is -0.981. The largest absolute Gasteiger partial charge is 0.465 e. The standard InChI is InChI=1S/C22H23FN2O4S/c1-3-11-22(21(28)29-4-2)17-16(18(24-22)15-6-5-12-30-15)19(26)25(20(17)27)14-9-7-13(23)8-10-14/h5-10,12,16-18,24H,3-4,11H2,1-2H3/t16-,17-,18-,22+/m1/s1. The van der Waals surface area contributed by atoms with Gasteiger partial charge in [-0.1, -0.05) is 19.4 Å². The molecule has 2 amide bonds. The highest BCUT2D eigenvalue weighted by Gasteiger charge is 2.68. The molecule has 3 heterocycles. The maximum absolute atomic E-state index is 13.6. The van der Waals surface area contributed by atoms with E-state index in [-0.39, 0.29) is 12.5 Å². The van der Waals surface area contributed by atoms with E-state index in [0.717, 1.165) is 9.78 Å². The van der Waals surface area contributed by atoms with Gasteiger partial charge < -0.3 is 4.74 Å². The Balaban J connectivity index is 1.84. The Hall–Kier alpha value is -2.58. The Morgan fingerprint density at radius 1 is 1.20 bits per heavy atom. The number of nitrogens with zero attached hydrogens (tertiary/aromatic N) is 1. The van der Waals surface area contributed by atoms with E-state index in [0.29, 0.717) is 18.5 Å². The predicted molar refractivity (Wildman–Crippen MR) is 110 cm³/mol. The van der Waals surface area contributed by atoms with Gasteiger partial charge in [-0.05, 0) is 49.1 Å². The lowest BCUT2D eigenvalue weighted by molar-refractivity contribution is -0.155. The first kappa shape index (κ1) is 20.7. The molecule has 2 saturated heterocycles. The molecule has 2 aliphatic heterocycles. The van der Waals surface area contributed by atoms with Crippen molar-refractivity contribution in [2.24, 2.45) is 11.8 Å². The van der Waals surface area contributed by atoms with Crippen molar-refractivity contribution in [1.82, 2.24) is 5.32 Å². The van der Waals surface area contributed by atoms with E-state index in [4.69, 9.17) is 4.74 Å². The molecule has 30 heavy (non-hydrogen) atoms. The molecule has 1 aromatic carbocycles. The highest BCUT2D eigenvalue weighted by molar-refractivity contribution is 7.10. The van der Waals surface area contributed by atoms with Gasteiger partial charge in [0, 0.05) is 4.88 Å². The number of halogens is 1. The molecule has 0 radical (unpaired) electrons. The van der Waals surface area contributed by atoms with E-state index in [2.05, 4.69) is 5.32 Å². The fraction of sp³-hybridized carbons (Fsp3) is 0.409. The SMILES string of the molecule is CCC[C@]1(C(=O)OCC)N[C@H](c2cccs2)[C@@H]2C(=O)N(c3ccc(F)cc3)C(=O)[C@@H]21. The molecule has 1 aromatic heterocycles. The van der Waals surface area contributed by atoms with Gasteiger partial charge in [0.15, 0.2) is 0 Å². The van der Waals surface area contributed by atoms with Crippen molar-refractivity contribution in [3.05, 3.63) is 52.5 Å². The second-order valence-electron chi connectivity index (χ2n) is 7.57. The maximum atomic E-state index is 13.6. The number of amides is 2. The number of esters is 1. The summed E-state index contributed by atoms with van der Waals surface area (Å²) in [7, 11) is 0. The number of carbonyl (C=O) groups is 3. The Morgan fingerprint density at radius 3 is 2.53 bits per heavy atom. The minimum absolute atomic E-state index is 0.177. The van der Waals surface area contributed by atoms with Crippen molar-refractivity contribution in [3.63, 3.8) is 0 Å². The monoisotopic (exact) mass is 430 g/mol. The van der Waals surface area contributed by atoms with Crippen LogP contribution in [0, 0.1) is 17.7 Å². The summed E-state index contributed by atoms with van der Waals surface area (Å²) in [6.07, 6.45) is 0.995. The molecule has 4 rings (SSSR count). The van der Waals surface area contributed by atoms with Gasteiger partial charge in [0.1, 0.15) is 11.4 Å². The zero-order chi connectivity index (χ0) is 21.5. The molecule has 158 valence electrons. The highest BCUT2D eigenvalue weighted by atomic mass is 32.1. The number of nitrogens with one attached hydrogen (secondary N) is 1. The molecule has 2 aliphatic rings. The van der Waals surface area contributed by atoms with Crippen molar-refractivity contribution < 1.29 is 23.5 Å². The van der Waals surface area contributed by atoms with Gasteiger partial charge >= 0.3 is 5.97 Å². The second-order valence-corrected chi connectivity index (χ2v) is 8.55. The van der Waals surface area contributed by atoms with Crippen molar-refractivity contribution in [3.8, 4) is 0 Å². The van der Waals surface area contributed by atoms with Crippen LogP contribution in [0.1, 0.15) is 37.6 Å². The number of rotatable bonds is 6. The van der Waals surface area contributed by atoms with E-state index in [1.54, 1.807) is 6.92 Å². The molecular weight excluding hydrogens is 407 g/mol. The zero-order valence-electron chi connectivity index (χ0n) is 16.8. The lowest BCUT2D eigenvalue weighted by Gasteiger charge is -2.32. The van der Waals surface area contributed by atoms with Crippen LogP contribution in [0.5, 0.6) is 0 Å². The van der Waals surface area contributed by atoms with E-state index in [1.165, 1.54) is 35.6 Å². The van der Waals surface area contributed by atoms with Crippen molar-refractivity contribution in [2.45, 2.75) is 38.3 Å². The number of hydrogen-bond donors (Lipinski definition) is 1. The molecule has 0 saturated carbocycles. The molecule has 8 heteroatoms. The Morgan fingerprint density at radius 2 is 1.93 bits per heavy atom. The Labute approximate surface area is 178 Å². The van der Waals surface area contributed by atoms with E-state index in [9.17, 15) is 18.8 Å². The average Bonchev–Trinajstić information content (AvgIpc) is 3.41. The summed E-state index contributed by atoms with van der Waals surface area (Å²) >= 11 is 1.47. The summed E-state index contributed by atoms with van der Waals surface area (Å²) in [5.74, 6) is -3.43. The van der Waals surface area contributed by atoms with Crippen LogP contribution >= 0.6 is 11.3 Å². The van der Waals surface area contributed by atoms with Gasteiger partial charge in [-0.25, -0.2) is 9.29 Å². The summed E-state index contributed by atoms with van der Waals surface area (Å²) < 4.78 is 18.8. The van der Waals surface area contributed by atoms with Crippen LogP contribution in [-0.2, 0) is 19.1 Å². The van der Waals surface area contributed by atoms with Crippen LogP contribution in [0.4, 0.5) is 10.1 Å². The average molecular weight is 431 g/mol. The Bertz CT molecular complexity index is 962. The number of anilines is 1. The Kier molecular flexibility index (Phi) is 5.46. The fourth-order valence-corrected chi connectivity index (χ4v) is 5.56. The number of hydrogen-bond acceptors (Lipinski definition) is 6. The van der Waals surface area contributed by atoms with Crippen molar-refractivity contribution >= 4 is 34.8 Å². The molecule has 0 aliphatic carbocycles. The van der Waals surface area contributed by atoms with Gasteiger partial charge in [-0.3, -0.25) is 19.7 Å². The summed E-state index contributed by atoms with van der Waals surface area (Å²) in [6, 6.07) is 8.53. The van der Waals surface area contributed by atoms with Gasteiger partial charge in [-0.15, -0.1) is 11.3 Å². The number of ether oxygens (including phenoxy) is 1. The molecule has 1 N–H and O–H groups in total. The number of imide groups is 1. The zero-order valence-corrected chi connectivity index (χ0v) is 17.6. The minimum atomic E-state index is -1.29.